The lowest BCUT2D eigenvalue weighted by Gasteiger charge is -2.03. The average molecular weight is 281 g/mol. The zero-order chi connectivity index (χ0) is 14.8. The number of hydrogen-bond acceptors (Lipinski definition) is 4. The monoisotopic (exact) mass is 281 g/mol. The summed E-state index contributed by atoms with van der Waals surface area (Å²) in [6, 6.07) is 9.68. The highest BCUT2D eigenvalue weighted by Gasteiger charge is 2.11. The quantitative estimate of drug-likeness (QED) is 0.801. The molecule has 0 spiro atoms. The highest BCUT2D eigenvalue weighted by molar-refractivity contribution is 6.04. The lowest BCUT2D eigenvalue weighted by Crippen LogP contribution is -2.14. The van der Waals surface area contributed by atoms with E-state index in [1.165, 1.54) is 6.20 Å². The highest BCUT2D eigenvalue weighted by Crippen LogP contribution is 2.14. The van der Waals surface area contributed by atoms with E-state index in [4.69, 9.17) is 0 Å². The largest absolute Gasteiger partial charge is 0.302 e. The van der Waals surface area contributed by atoms with Gasteiger partial charge in [-0.05, 0) is 25.3 Å². The van der Waals surface area contributed by atoms with Crippen molar-refractivity contribution < 1.29 is 4.79 Å². The van der Waals surface area contributed by atoms with Crippen LogP contribution >= 0.6 is 0 Å². The number of pyridine rings is 1. The number of aromatic nitrogens is 4. The van der Waals surface area contributed by atoms with Gasteiger partial charge in [0.15, 0.2) is 5.82 Å². The van der Waals surface area contributed by atoms with Crippen molar-refractivity contribution in [2.45, 2.75) is 19.9 Å². The van der Waals surface area contributed by atoms with Gasteiger partial charge < -0.3 is 5.32 Å². The molecule has 6 heteroatoms. The molecule has 3 rings (SSSR count). The third-order valence-corrected chi connectivity index (χ3v) is 3.08. The van der Waals surface area contributed by atoms with Gasteiger partial charge in [0.1, 0.15) is 5.69 Å². The van der Waals surface area contributed by atoms with Gasteiger partial charge in [-0.15, -0.1) is 5.10 Å². The smallest absolute Gasteiger partial charge is 0.275 e. The standard InChI is InChI=1S/C15H15N5O/c1-10(2)20-17-9-14(19-20)18-15(21)13-7-11-5-3-4-6-12(11)8-16-13/h3-10H,1-2H3,(H,18,19,21). The molecule has 2 heterocycles. The summed E-state index contributed by atoms with van der Waals surface area (Å²) in [6.45, 7) is 3.94. The molecule has 6 nitrogen and oxygen atoms in total. The molecular weight excluding hydrogens is 266 g/mol. The summed E-state index contributed by atoms with van der Waals surface area (Å²) >= 11 is 0. The van der Waals surface area contributed by atoms with E-state index in [9.17, 15) is 4.79 Å². The second kappa shape index (κ2) is 5.32. The van der Waals surface area contributed by atoms with Crippen molar-refractivity contribution >= 4 is 22.5 Å². The van der Waals surface area contributed by atoms with E-state index in [2.05, 4.69) is 20.5 Å². The molecule has 2 aromatic heterocycles. The Kier molecular flexibility index (Phi) is 3.35. The van der Waals surface area contributed by atoms with Crippen LogP contribution < -0.4 is 5.32 Å². The van der Waals surface area contributed by atoms with Crippen LogP contribution in [0.15, 0.2) is 42.7 Å². The van der Waals surface area contributed by atoms with Gasteiger partial charge in [0, 0.05) is 11.6 Å². The minimum absolute atomic E-state index is 0.148. The van der Waals surface area contributed by atoms with Crippen molar-refractivity contribution in [1.82, 2.24) is 20.0 Å². The second-order valence-electron chi connectivity index (χ2n) is 5.01. The molecule has 0 fully saturated rings. The van der Waals surface area contributed by atoms with Crippen molar-refractivity contribution in [1.29, 1.82) is 0 Å². The molecule has 0 aliphatic rings. The van der Waals surface area contributed by atoms with Crippen LogP contribution in [-0.4, -0.2) is 25.9 Å². The molecule has 3 aromatic rings. The fraction of sp³-hybridized carbons (Fsp3) is 0.200. The molecule has 0 aliphatic carbocycles. The molecular formula is C15H15N5O. The zero-order valence-corrected chi connectivity index (χ0v) is 11.8. The molecule has 21 heavy (non-hydrogen) atoms. The van der Waals surface area contributed by atoms with Crippen LogP contribution in [0.2, 0.25) is 0 Å². The van der Waals surface area contributed by atoms with E-state index in [0.29, 0.717) is 11.5 Å². The summed E-state index contributed by atoms with van der Waals surface area (Å²) in [4.78, 5) is 17.9. The van der Waals surface area contributed by atoms with Gasteiger partial charge in [-0.25, -0.2) is 0 Å². The molecule has 1 amide bonds. The molecule has 0 atom stereocenters. The highest BCUT2D eigenvalue weighted by atomic mass is 16.2. The van der Waals surface area contributed by atoms with Gasteiger partial charge in [-0.1, -0.05) is 24.3 Å². The van der Waals surface area contributed by atoms with Crippen LogP contribution in [0.1, 0.15) is 30.4 Å². The summed E-state index contributed by atoms with van der Waals surface area (Å²) in [6.07, 6.45) is 3.22. The molecule has 106 valence electrons. The number of carbonyl (C=O) groups is 1. The topological polar surface area (TPSA) is 72.7 Å². The van der Waals surface area contributed by atoms with Gasteiger partial charge in [-0.3, -0.25) is 9.78 Å². The third-order valence-electron chi connectivity index (χ3n) is 3.08. The predicted molar refractivity (Wildman–Crippen MR) is 80.1 cm³/mol. The lowest BCUT2D eigenvalue weighted by molar-refractivity contribution is 0.102. The number of benzene rings is 1. The molecule has 1 aromatic carbocycles. The maximum Gasteiger partial charge on any atom is 0.275 e. The summed E-state index contributed by atoms with van der Waals surface area (Å²) in [7, 11) is 0. The SMILES string of the molecule is CC(C)n1ncc(NC(=O)c2cc3ccccc3cn2)n1. The van der Waals surface area contributed by atoms with E-state index in [-0.39, 0.29) is 11.9 Å². The Morgan fingerprint density at radius 1 is 1.19 bits per heavy atom. The Balaban J connectivity index is 1.82. The Morgan fingerprint density at radius 2 is 1.95 bits per heavy atom. The van der Waals surface area contributed by atoms with Gasteiger partial charge >= 0.3 is 0 Å². The van der Waals surface area contributed by atoms with Crippen LogP contribution in [0.4, 0.5) is 5.82 Å². The first-order valence-corrected chi connectivity index (χ1v) is 6.71. The van der Waals surface area contributed by atoms with Crippen molar-refractivity contribution in [3.8, 4) is 0 Å². The molecule has 0 aliphatic heterocycles. The fourth-order valence-corrected chi connectivity index (χ4v) is 1.97. The summed E-state index contributed by atoms with van der Waals surface area (Å²) in [5.74, 6) is 0.125. The third kappa shape index (κ3) is 2.74. The van der Waals surface area contributed by atoms with Gasteiger partial charge in [0.25, 0.3) is 5.91 Å². The molecule has 0 radical (unpaired) electrons. The average Bonchev–Trinajstić information content (AvgIpc) is 2.95. The first-order chi connectivity index (χ1) is 10.1. The zero-order valence-electron chi connectivity index (χ0n) is 11.8. The normalized spacial score (nSPS) is 11.0. The maximum absolute atomic E-state index is 12.2. The lowest BCUT2D eigenvalue weighted by atomic mass is 10.1. The molecule has 0 unspecified atom stereocenters. The van der Waals surface area contributed by atoms with Crippen molar-refractivity contribution in [2.75, 3.05) is 5.32 Å². The number of nitrogens with zero attached hydrogens (tertiary/aromatic N) is 4. The van der Waals surface area contributed by atoms with Gasteiger partial charge in [-0.2, -0.15) is 9.90 Å². The van der Waals surface area contributed by atoms with Crippen LogP contribution in [0.5, 0.6) is 0 Å². The molecule has 1 N–H and O–H groups in total. The molecule has 0 saturated carbocycles. The molecule has 0 saturated heterocycles. The first kappa shape index (κ1) is 13.2. The Morgan fingerprint density at radius 3 is 2.67 bits per heavy atom. The van der Waals surface area contributed by atoms with E-state index in [1.54, 1.807) is 17.1 Å². The van der Waals surface area contributed by atoms with Crippen LogP contribution in [0, 0.1) is 0 Å². The van der Waals surface area contributed by atoms with Gasteiger partial charge in [0.05, 0.1) is 12.2 Å². The Labute approximate surface area is 121 Å². The Hall–Kier alpha value is -2.76. The van der Waals surface area contributed by atoms with Crippen LogP contribution in [-0.2, 0) is 0 Å². The van der Waals surface area contributed by atoms with E-state index < -0.39 is 0 Å². The number of carbonyl (C=O) groups excluding carboxylic acids is 1. The van der Waals surface area contributed by atoms with Gasteiger partial charge in [0.2, 0.25) is 0 Å². The summed E-state index contributed by atoms with van der Waals surface area (Å²) < 4.78 is 0. The number of hydrogen-bond donors (Lipinski definition) is 1. The minimum Gasteiger partial charge on any atom is -0.302 e. The fourth-order valence-electron chi connectivity index (χ4n) is 1.97. The van der Waals surface area contributed by atoms with E-state index in [1.807, 2.05) is 38.1 Å². The van der Waals surface area contributed by atoms with Crippen LogP contribution in [0.3, 0.4) is 0 Å². The van der Waals surface area contributed by atoms with E-state index >= 15 is 0 Å². The first-order valence-electron chi connectivity index (χ1n) is 6.71. The van der Waals surface area contributed by atoms with Crippen molar-refractivity contribution in [3.05, 3.63) is 48.4 Å². The van der Waals surface area contributed by atoms with Crippen molar-refractivity contribution in [3.63, 3.8) is 0 Å². The number of amides is 1. The minimum atomic E-state index is -0.295. The predicted octanol–water partition coefficient (Wildman–Crippen LogP) is 2.66. The molecule has 0 bridgehead atoms. The van der Waals surface area contributed by atoms with Crippen LogP contribution in [0.25, 0.3) is 10.8 Å². The summed E-state index contributed by atoms with van der Waals surface area (Å²) in [5.41, 5.74) is 0.354. The van der Waals surface area contributed by atoms with E-state index in [0.717, 1.165) is 10.8 Å². The number of rotatable bonds is 3. The number of nitrogens with one attached hydrogen (secondary N) is 1. The maximum atomic E-state index is 12.2. The number of fused-ring (bicyclic) bond motifs is 1. The number of anilines is 1. The second-order valence-corrected chi connectivity index (χ2v) is 5.01. The van der Waals surface area contributed by atoms with Crippen molar-refractivity contribution in [2.24, 2.45) is 0 Å². The Bertz CT molecular complexity index is 793. The summed E-state index contributed by atoms with van der Waals surface area (Å²) in [5, 5.41) is 12.9.